The molecule has 10 heavy (non-hydrogen) atoms. The first-order valence-corrected chi connectivity index (χ1v) is 3.94. The highest BCUT2D eigenvalue weighted by Crippen LogP contribution is 2.35. The van der Waals surface area contributed by atoms with Crippen molar-refractivity contribution in [2.24, 2.45) is 5.41 Å². The van der Waals surface area contributed by atoms with E-state index in [1.807, 2.05) is 6.92 Å². The van der Waals surface area contributed by atoms with E-state index in [0.29, 0.717) is 5.41 Å². The molecule has 0 aromatic carbocycles. The Labute approximate surface area is 62.2 Å². The minimum Gasteiger partial charge on any atom is -0.393 e. The van der Waals surface area contributed by atoms with Gasteiger partial charge in [0.2, 0.25) is 0 Å². The molecule has 2 heteroatoms. The third-order valence-corrected chi connectivity index (χ3v) is 2.29. The van der Waals surface area contributed by atoms with Gasteiger partial charge in [-0.3, -0.25) is 0 Å². The average Bonchev–Trinajstić information content (AvgIpc) is 1.78. The molecule has 0 unspecified atom stereocenters. The first kappa shape index (κ1) is 8.02. The molecule has 0 aromatic heterocycles. The molecule has 0 radical (unpaired) electrons. The Morgan fingerprint density at radius 1 is 1.60 bits per heavy atom. The summed E-state index contributed by atoms with van der Waals surface area (Å²) in [5.74, 6) is 0. The van der Waals surface area contributed by atoms with Gasteiger partial charge in [0.25, 0.3) is 0 Å². The summed E-state index contributed by atoms with van der Waals surface area (Å²) in [6.07, 6.45) is 1.84. The molecule has 1 fully saturated rings. The highest BCUT2D eigenvalue weighted by molar-refractivity contribution is 4.85. The van der Waals surface area contributed by atoms with Crippen LogP contribution in [0.3, 0.4) is 0 Å². The van der Waals surface area contributed by atoms with Crippen LogP contribution in [0.2, 0.25) is 0 Å². The zero-order valence-corrected chi connectivity index (χ0v) is 6.76. The van der Waals surface area contributed by atoms with Gasteiger partial charge < -0.3 is 9.84 Å². The van der Waals surface area contributed by atoms with Gasteiger partial charge >= 0.3 is 0 Å². The Hall–Kier alpha value is -0.0800. The first-order chi connectivity index (χ1) is 4.68. The Morgan fingerprint density at radius 2 is 2.20 bits per heavy atom. The van der Waals surface area contributed by atoms with Crippen molar-refractivity contribution in [3.8, 4) is 0 Å². The van der Waals surface area contributed by atoms with Crippen LogP contribution in [0.5, 0.6) is 0 Å². The SMILES string of the molecule is CCC1(C[C@H](C)O)COC1. The summed E-state index contributed by atoms with van der Waals surface area (Å²) in [4.78, 5) is 0. The normalized spacial score (nSPS) is 25.5. The lowest BCUT2D eigenvalue weighted by Gasteiger charge is -2.41. The van der Waals surface area contributed by atoms with Crippen LogP contribution in [0.15, 0.2) is 0 Å². The molecule has 2 nitrogen and oxygen atoms in total. The van der Waals surface area contributed by atoms with Crippen LogP contribution in [0.1, 0.15) is 26.7 Å². The van der Waals surface area contributed by atoms with E-state index in [4.69, 9.17) is 9.84 Å². The van der Waals surface area contributed by atoms with E-state index in [1.165, 1.54) is 0 Å². The maximum atomic E-state index is 9.13. The predicted octanol–water partition coefficient (Wildman–Crippen LogP) is 1.18. The van der Waals surface area contributed by atoms with Crippen molar-refractivity contribution in [1.82, 2.24) is 0 Å². The molecular weight excluding hydrogens is 128 g/mol. The van der Waals surface area contributed by atoms with E-state index in [1.54, 1.807) is 0 Å². The lowest BCUT2D eigenvalue weighted by Crippen LogP contribution is -2.43. The Balaban J connectivity index is 2.33. The lowest BCUT2D eigenvalue weighted by atomic mass is 9.78. The van der Waals surface area contributed by atoms with Crippen LogP contribution in [-0.4, -0.2) is 24.4 Å². The van der Waals surface area contributed by atoms with E-state index in [9.17, 15) is 0 Å². The van der Waals surface area contributed by atoms with Gasteiger partial charge in [-0.25, -0.2) is 0 Å². The Bertz CT molecular complexity index is 100. The number of aliphatic hydroxyl groups excluding tert-OH is 1. The highest BCUT2D eigenvalue weighted by Gasteiger charge is 2.37. The molecule has 1 atom stereocenters. The zero-order chi connectivity index (χ0) is 7.61. The Kier molecular flexibility index (Phi) is 2.32. The fraction of sp³-hybridized carbons (Fsp3) is 1.00. The lowest BCUT2D eigenvalue weighted by molar-refractivity contribution is -0.132. The molecule has 1 aliphatic heterocycles. The fourth-order valence-electron chi connectivity index (χ4n) is 1.48. The largest absolute Gasteiger partial charge is 0.393 e. The first-order valence-electron chi connectivity index (χ1n) is 3.94. The molecule has 0 bridgehead atoms. The summed E-state index contributed by atoms with van der Waals surface area (Å²) >= 11 is 0. The van der Waals surface area contributed by atoms with Crippen molar-refractivity contribution in [2.45, 2.75) is 32.8 Å². The van der Waals surface area contributed by atoms with Gasteiger partial charge in [0.15, 0.2) is 0 Å². The van der Waals surface area contributed by atoms with E-state index in [2.05, 4.69) is 6.92 Å². The van der Waals surface area contributed by atoms with E-state index >= 15 is 0 Å². The topological polar surface area (TPSA) is 29.5 Å². The maximum absolute atomic E-state index is 9.13. The molecule has 0 aliphatic carbocycles. The van der Waals surface area contributed by atoms with Gasteiger partial charge in [-0.05, 0) is 19.8 Å². The molecule has 1 rings (SSSR count). The molecule has 1 saturated heterocycles. The Morgan fingerprint density at radius 3 is 2.30 bits per heavy atom. The summed E-state index contributed by atoms with van der Waals surface area (Å²) in [6.45, 7) is 5.68. The van der Waals surface area contributed by atoms with Crippen molar-refractivity contribution < 1.29 is 9.84 Å². The van der Waals surface area contributed by atoms with Gasteiger partial charge in [-0.15, -0.1) is 0 Å². The molecule has 60 valence electrons. The summed E-state index contributed by atoms with van der Waals surface area (Å²) < 4.78 is 5.12. The number of ether oxygens (including phenoxy) is 1. The zero-order valence-electron chi connectivity index (χ0n) is 6.76. The average molecular weight is 144 g/mol. The van der Waals surface area contributed by atoms with Crippen LogP contribution in [-0.2, 0) is 4.74 Å². The minimum atomic E-state index is -0.177. The standard InChI is InChI=1S/C8H16O2/c1-3-8(4-7(2)9)5-10-6-8/h7,9H,3-6H2,1-2H3/t7-/m0/s1. The van der Waals surface area contributed by atoms with Crippen LogP contribution >= 0.6 is 0 Å². The summed E-state index contributed by atoms with van der Waals surface area (Å²) in [5, 5.41) is 9.13. The van der Waals surface area contributed by atoms with E-state index < -0.39 is 0 Å². The molecule has 1 N–H and O–H groups in total. The number of aliphatic hydroxyl groups is 1. The molecule has 0 amide bonds. The van der Waals surface area contributed by atoms with Crippen LogP contribution in [0.25, 0.3) is 0 Å². The summed E-state index contributed by atoms with van der Waals surface area (Å²) in [5.41, 5.74) is 0.314. The van der Waals surface area contributed by atoms with E-state index in [0.717, 1.165) is 26.1 Å². The monoisotopic (exact) mass is 144 g/mol. The molecule has 1 heterocycles. The third-order valence-electron chi connectivity index (χ3n) is 2.29. The van der Waals surface area contributed by atoms with Crippen molar-refractivity contribution in [2.75, 3.05) is 13.2 Å². The van der Waals surface area contributed by atoms with E-state index in [-0.39, 0.29) is 6.10 Å². The molecule has 0 aromatic rings. The molecule has 0 saturated carbocycles. The van der Waals surface area contributed by atoms with Gasteiger partial charge in [-0.2, -0.15) is 0 Å². The van der Waals surface area contributed by atoms with Crippen LogP contribution in [0, 0.1) is 5.41 Å². The van der Waals surface area contributed by atoms with Crippen LogP contribution in [0.4, 0.5) is 0 Å². The summed E-state index contributed by atoms with van der Waals surface area (Å²) in [7, 11) is 0. The molecule has 0 spiro atoms. The van der Waals surface area contributed by atoms with Gasteiger partial charge in [-0.1, -0.05) is 6.92 Å². The van der Waals surface area contributed by atoms with Crippen molar-refractivity contribution in [3.05, 3.63) is 0 Å². The second-order valence-corrected chi connectivity index (χ2v) is 3.40. The van der Waals surface area contributed by atoms with Crippen molar-refractivity contribution in [1.29, 1.82) is 0 Å². The summed E-state index contributed by atoms with van der Waals surface area (Å²) in [6, 6.07) is 0. The van der Waals surface area contributed by atoms with Crippen molar-refractivity contribution in [3.63, 3.8) is 0 Å². The molecular formula is C8H16O2. The second kappa shape index (κ2) is 2.89. The quantitative estimate of drug-likeness (QED) is 0.644. The van der Waals surface area contributed by atoms with Gasteiger partial charge in [0, 0.05) is 5.41 Å². The van der Waals surface area contributed by atoms with Gasteiger partial charge in [0.05, 0.1) is 19.3 Å². The molecule has 1 aliphatic rings. The number of hydrogen-bond acceptors (Lipinski definition) is 2. The third kappa shape index (κ3) is 1.50. The second-order valence-electron chi connectivity index (χ2n) is 3.40. The number of hydrogen-bond donors (Lipinski definition) is 1. The number of rotatable bonds is 3. The minimum absolute atomic E-state index is 0.177. The smallest absolute Gasteiger partial charge is 0.0545 e. The van der Waals surface area contributed by atoms with Crippen molar-refractivity contribution >= 4 is 0 Å². The maximum Gasteiger partial charge on any atom is 0.0545 e. The predicted molar refractivity (Wildman–Crippen MR) is 39.8 cm³/mol. The fourth-order valence-corrected chi connectivity index (χ4v) is 1.48. The van der Waals surface area contributed by atoms with Gasteiger partial charge in [0.1, 0.15) is 0 Å². The highest BCUT2D eigenvalue weighted by atomic mass is 16.5. The van der Waals surface area contributed by atoms with Crippen LogP contribution < -0.4 is 0 Å².